The summed E-state index contributed by atoms with van der Waals surface area (Å²) in [5.41, 5.74) is 10.2. The quantitative estimate of drug-likeness (QED) is 0.893. The summed E-state index contributed by atoms with van der Waals surface area (Å²) in [6.45, 7) is 8.90. The van der Waals surface area contributed by atoms with Crippen LogP contribution >= 0.6 is 0 Å². The van der Waals surface area contributed by atoms with Crippen LogP contribution in [-0.4, -0.2) is 20.6 Å². The molecule has 130 valence electrons. The molecule has 0 amide bonds. The number of aromatic nitrogens is 2. The van der Waals surface area contributed by atoms with Crippen LogP contribution < -0.4 is 5.73 Å². The number of carboxylic acids is 1. The SMILES string of the molecule is Cc1cc2c(cc1CC(=O)O)nc(N)n2[C@@H]1C[C@H](C)CC(C)(C)C1. The normalized spacial score (nSPS) is 23.5. The van der Waals surface area contributed by atoms with Crippen LogP contribution in [0, 0.1) is 18.3 Å². The van der Waals surface area contributed by atoms with Crippen molar-refractivity contribution in [2.45, 2.75) is 59.4 Å². The number of nitrogens with two attached hydrogens (primary N) is 1. The highest BCUT2D eigenvalue weighted by atomic mass is 16.4. The molecule has 0 unspecified atom stereocenters. The molecule has 1 heterocycles. The van der Waals surface area contributed by atoms with Crippen molar-refractivity contribution in [1.29, 1.82) is 0 Å². The van der Waals surface area contributed by atoms with Crippen LogP contribution in [0.3, 0.4) is 0 Å². The Kier molecular flexibility index (Phi) is 4.06. The monoisotopic (exact) mass is 329 g/mol. The number of hydrogen-bond donors (Lipinski definition) is 2. The highest BCUT2D eigenvalue weighted by Gasteiger charge is 2.34. The van der Waals surface area contributed by atoms with Crippen LogP contribution in [0.25, 0.3) is 11.0 Å². The average Bonchev–Trinajstić information content (AvgIpc) is 2.71. The van der Waals surface area contributed by atoms with E-state index in [1.54, 1.807) is 0 Å². The van der Waals surface area contributed by atoms with Crippen LogP contribution in [-0.2, 0) is 11.2 Å². The highest BCUT2D eigenvalue weighted by Crippen LogP contribution is 2.45. The summed E-state index contributed by atoms with van der Waals surface area (Å²) >= 11 is 0. The van der Waals surface area contributed by atoms with Gasteiger partial charge in [-0.15, -0.1) is 0 Å². The molecule has 0 radical (unpaired) electrons. The van der Waals surface area contributed by atoms with Crippen LogP contribution in [0.1, 0.15) is 57.2 Å². The van der Waals surface area contributed by atoms with Crippen molar-refractivity contribution < 1.29 is 9.90 Å². The number of imidazole rings is 1. The molecule has 1 aromatic heterocycles. The minimum absolute atomic E-state index is 0.0159. The molecule has 1 aliphatic carbocycles. The Morgan fingerprint density at radius 1 is 1.42 bits per heavy atom. The average molecular weight is 329 g/mol. The molecular formula is C19H27N3O2. The van der Waals surface area contributed by atoms with Gasteiger partial charge in [0, 0.05) is 6.04 Å². The topological polar surface area (TPSA) is 81.1 Å². The molecular weight excluding hydrogens is 302 g/mol. The van der Waals surface area contributed by atoms with E-state index in [2.05, 4.69) is 30.3 Å². The Balaban J connectivity index is 2.07. The van der Waals surface area contributed by atoms with Crippen LogP contribution in [0.15, 0.2) is 12.1 Å². The maximum absolute atomic E-state index is 11.0. The number of aliphatic carboxylic acids is 1. The van der Waals surface area contributed by atoms with Gasteiger partial charge in [-0.2, -0.15) is 0 Å². The zero-order chi connectivity index (χ0) is 17.6. The molecule has 5 nitrogen and oxygen atoms in total. The summed E-state index contributed by atoms with van der Waals surface area (Å²) < 4.78 is 2.17. The molecule has 0 spiro atoms. The third-order valence-corrected chi connectivity index (χ3v) is 5.25. The lowest BCUT2D eigenvalue weighted by Crippen LogP contribution is -2.29. The fourth-order valence-electron chi connectivity index (χ4n) is 4.54. The van der Waals surface area contributed by atoms with Crippen molar-refractivity contribution in [3.63, 3.8) is 0 Å². The third-order valence-electron chi connectivity index (χ3n) is 5.25. The van der Waals surface area contributed by atoms with Gasteiger partial charge >= 0.3 is 5.97 Å². The van der Waals surface area contributed by atoms with Gasteiger partial charge in [-0.1, -0.05) is 20.8 Å². The first-order valence-corrected chi connectivity index (χ1v) is 8.65. The minimum Gasteiger partial charge on any atom is -0.481 e. The van der Waals surface area contributed by atoms with Crippen LogP contribution in [0.5, 0.6) is 0 Å². The molecule has 2 atom stereocenters. The van der Waals surface area contributed by atoms with Gasteiger partial charge in [-0.3, -0.25) is 4.79 Å². The number of hydrogen-bond acceptors (Lipinski definition) is 3. The lowest BCUT2D eigenvalue weighted by atomic mass is 9.70. The second-order valence-electron chi connectivity index (χ2n) is 8.25. The molecule has 24 heavy (non-hydrogen) atoms. The number of carbonyl (C=O) groups is 1. The van der Waals surface area contributed by atoms with Crippen molar-refractivity contribution in [3.05, 3.63) is 23.3 Å². The molecule has 0 saturated heterocycles. The van der Waals surface area contributed by atoms with E-state index in [9.17, 15) is 4.79 Å². The van der Waals surface area contributed by atoms with E-state index >= 15 is 0 Å². The van der Waals surface area contributed by atoms with Gasteiger partial charge in [0.1, 0.15) is 0 Å². The van der Waals surface area contributed by atoms with Gasteiger partial charge in [-0.25, -0.2) is 4.98 Å². The van der Waals surface area contributed by atoms with Gasteiger partial charge in [0.2, 0.25) is 5.95 Å². The number of benzene rings is 1. The Bertz CT molecular complexity index is 791. The van der Waals surface area contributed by atoms with E-state index in [1.165, 1.54) is 6.42 Å². The number of aryl methyl sites for hydroxylation is 1. The molecule has 1 saturated carbocycles. The maximum Gasteiger partial charge on any atom is 0.307 e. The second-order valence-corrected chi connectivity index (χ2v) is 8.25. The van der Waals surface area contributed by atoms with E-state index in [0.717, 1.165) is 35.0 Å². The number of nitrogens with zero attached hydrogens (tertiary/aromatic N) is 2. The van der Waals surface area contributed by atoms with E-state index in [1.807, 2.05) is 19.1 Å². The van der Waals surface area contributed by atoms with E-state index in [4.69, 9.17) is 10.8 Å². The highest BCUT2D eigenvalue weighted by molar-refractivity contribution is 5.82. The van der Waals surface area contributed by atoms with Gasteiger partial charge in [0.15, 0.2) is 0 Å². The van der Waals surface area contributed by atoms with Crippen molar-refractivity contribution in [3.8, 4) is 0 Å². The Morgan fingerprint density at radius 2 is 2.12 bits per heavy atom. The number of nitrogen functional groups attached to an aromatic ring is 1. The predicted octanol–water partition coefficient (Wildman–Crippen LogP) is 3.94. The van der Waals surface area contributed by atoms with Gasteiger partial charge in [-0.05, 0) is 60.8 Å². The van der Waals surface area contributed by atoms with Crippen molar-refractivity contribution in [1.82, 2.24) is 9.55 Å². The molecule has 3 N–H and O–H groups in total. The molecule has 1 aromatic carbocycles. The Labute approximate surface area is 142 Å². The summed E-state index contributed by atoms with van der Waals surface area (Å²) in [4.78, 5) is 15.6. The third kappa shape index (κ3) is 3.12. The van der Waals surface area contributed by atoms with Gasteiger partial charge < -0.3 is 15.4 Å². The van der Waals surface area contributed by atoms with Crippen molar-refractivity contribution in [2.75, 3.05) is 5.73 Å². The smallest absolute Gasteiger partial charge is 0.307 e. The van der Waals surface area contributed by atoms with Crippen LogP contribution in [0.4, 0.5) is 5.95 Å². The van der Waals surface area contributed by atoms with E-state index in [0.29, 0.717) is 23.3 Å². The molecule has 0 aliphatic heterocycles. The van der Waals surface area contributed by atoms with Crippen LogP contribution in [0.2, 0.25) is 0 Å². The first-order valence-electron chi connectivity index (χ1n) is 8.65. The standard InChI is InChI=1S/C19H27N3O2/c1-11-5-14(10-19(3,4)9-11)22-16-6-12(2)13(8-17(23)24)7-15(16)21-18(22)20/h6-7,11,14H,5,8-10H2,1-4H3,(H2,20,21)(H,23,24)/t11-,14+/m0/s1. The summed E-state index contributed by atoms with van der Waals surface area (Å²) in [5.74, 6) is 0.363. The molecule has 5 heteroatoms. The lowest BCUT2D eigenvalue weighted by Gasteiger charge is -2.40. The summed E-state index contributed by atoms with van der Waals surface area (Å²) in [5, 5.41) is 9.06. The molecule has 1 fully saturated rings. The van der Waals surface area contributed by atoms with Gasteiger partial charge in [0.25, 0.3) is 0 Å². The molecule has 0 bridgehead atoms. The van der Waals surface area contributed by atoms with E-state index in [-0.39, 0.29) is 6.42 Å². The minimum atomic E-state index is -0.826. The number of fused-ring (bicyclic) bond motifs is 1. The zero-order valence-corrected chi connectivity index (χ0v) is 15.0. The summed E-state index contributed by atoms with van der Waals surface area (Å²) in [7, 11) is 0. The van der Waals surface area contributed by atoms with Crippen molar-refractivity contribution in [2.24, 2.45) is 11.3 Å². The second kappa shape index (κ2) is 5.80. The number of anilines is 1. The summed E-state index contributed by atoms with van der Waals surface area (Å²) in [6.07, 6.45) is 3.44. The largest absolute Gasteiger partial charge is 0.481 e. The van der Waals surface area contributed by atoms with Gasteiger partial charge in [0.05, 0.1) is 17.5 Å². The molecule has 2 aromatic rings. The predicted molar refractivity (Wildman–Crippen MR) is 96.1 cm³/mol. The summed E-state index contributed by atoms with van der Waals surface area (Å²) in [6, 6.07) is 4.27. The first kappa shape index (κ1) is 16.8. The van der Waals surface area contributed by atoms with Crippen molar-refractivity contribution >= 4 is 23.0 Å². The first-order chi connectivity index (χ1) is 11.2. The maximum atomic E-state index is 11.0. The number of rotatable bonds is 3. The number of carboxylic acid groups (broad SMARTS) is 1. The molecule has 3 rings (SSSR count). The molecule has 1 aliphatic rings. The Morgan fingerprint density at radius 3 is 2.75 bits per heavy atom. The zero-order valence-electron chi connectivity index (χ0n) is 15.0. The fraction of sp³-hybridized carbons (Fsp3) is 0.579. The Hall–Kier alpha value is -2.04. The lowest BCUT2D eigenvalue weighted by molar-refractivity contribution is -0.136. The fourth-order valence-corrected chi connectivity index (χ4v) is 4.54. The van der Waals surface area contributed by atoms with E-state index < -0.39 is 5.97 Å².